The number of hydrogen-bond donors (Lipinski definition) is 1. The minimum Gasteiger partial charge on any atom is -0.325 e. The lowest BCUT2D eigenvalue weighted by Crippen LogP contribution is -2.37. The van der Waals surface area contributed by atoms with Gasteiger partial charge < -0.3 is 5.32 Å². The molecule has 136 valence electrons. The lowest BCUT2D eigenvalue weighted by molar-refractivity contribution is -0.114. The molecule has 0 aliphatic heterocycles. The summed E-state index contributed by atoms with van der Waals surface area (Å²) in [5.41, 5.74) is 2.50. The van der Waals surface area contributed by atoms with Crippen LogP contribution in [-0.4, -0.2) is 27.1 Å². The van der Waals surface area contributed by atoms with Crippen molar-refractivity contribution in [2.24, 2.45) is 0 Å². The number of carbonyl (C=O) groups is 1. The van der Waals surface area contributed by atoms with Crippen LogP contribution in [-0.2, 0) is 14.8 Å². The fourth-order valence-electron chi connectivity index (χ4n) is 2.38. The topological polar surface area (TPSA) is 90.3 Å². The van der Waals surface area contributed by atoms with Gasteiger partial charge in [-0.15, -0.1) is 0 Å². The van der Waals surface area contributed by atoms with Crippen LogP contribution in [0.2, 0.25) is 0 Å². The van der Waals surface area contributed by atoms with Gasteiger partial charge in [0.2, 0.25) is 15.9 Å². The Labute approximate surface area is 154 Å². The first-order valence-corrected chi connectivity index (χ1v) is 9.93. The van der Waals surface area contributed by atoms with Crippen LogP contribution in [0.1, 0.15) is 30.9 Å². The summed E-state index contributed by atoms with van der Waals surface area (Å²) in [6.07, 6.45) is 1.04. The Kier molecular flexibility index (Phi) is 6.01. The first-order chi connectivity index (χ1) is 12.2. The van der Waals surface area contributed by atoms with Crippen LogP contribution >= 0.6 is 0 Å². The number of nitrogens with zero attached hydrogens (tertiary/aromatic N) is 2. The molecule has 0 saturated heterocycles. The van der Waals surface area contributed by atoms with Crippen molar-refractivity contribution in [1.29, 1.82) is 5.26 Å². The van der Waals surface area contributed by atoms with Crippen LogP contribution in [0, 0.1) is 11.3 Å². The van der Waals surface area contributed by atoms with Crippen molar-refractivity contribution >= 4 is 27.3 Å². The predicted molar refractivity (Wildman–Crippen MR) is 103 cm³/mol. The van der Waals surface area contributed by atoms with Crippen molar-refractivity contribution < 1.29 is 13.2 Å². The summed E-state index contributed by atoms with van der Waals surface area (Å²) in [5, 5.41) is 11.5. The Morgan fingerprint density at radius 3 is 2.15 bits per heavy atom. The molecule has 1 amide bonds. The number of nitrogens with one attached hydrogen (secondary N) is 1. The zero-order chi connectivity index (χ0) is 19.3. The van der Waals surface area contributed by atoms with Gasteiger partial charge in [-0.1, -0.05) is 26.0 Å². The van der Waals surface area contributed by atoms with Crippen LogP contribution < -0.4 is 9.62 Å². The van der Waals surface area contributed by atoms with Crippen molar-refractivity contribution in [3.05, 3.63) is 59.7 Å². The van der Waals surface area contributed by atoms with E-state index in [1.54, 1.807) is 12.1 Å². The molecule has 0 bridgehead atoms. The third-order valence-electron chi connectivity index (χ3n) is 3.83. The van der Waals surface area contributed by atoms with Crippen LogP contribution in [0.3, 0.4) is 0 Å². The van der Waals surface area contributed by atoms with E-state index in [2.05, 4.69) is 19.2 Å². The average molecular weight is 371 g/mol. The highest BCUT2D eigenvalue weighted by Gasteiger charge is 2.21. The van der Waals surface area contributed by atoms with E-state index in [9.17, 15) is 13.2 Å². The molecule has 26 heavy (non-hydrogen) atoms. The van der Waals surface area contributed by atoms with Gasteiger partial charge in [0, 0.05) is 5.69 Å². The molecule has 0 heterocycles. The molecule has 0 unspecified atom stereocenters. The minimum atomic E-state index is -3.65. The molecule has 0 atom stereocenters. The largest absolute Gasteiger partial charge is 0.325 e. The summed E-state index contributed by atoms with van der Waals surface area (Å²) in [7, 11) is -3.65. The van der Waals surface area contributed by atoms with Crippen LogP contribution in [0.5, 0.6) is 0 Å². The molecule has 2 aromatic carbocycles. The first kappa shape index (κ1) is 19.5. The molecule has 0 aliphatic rings. The zero-order valence-corrected chi connectivity index (χ0v) is 15.7. The number of anilines is 2. The number of benzene rings is 2. The maximum absolute atomic E-state index is 12.3. The lowest BCUT2D eigenvalue weighted by atomic mass is 10.0. The standard InChI is InChI=1S/C19H21N3O3S/c1-14(2)16-6-8-17(9-7-16)21-19(23)13-22(26(3,24)25)18-10-4-15(12-20)5-11-18/h4-11,14H,13H2,1-3H3,(H,21,23). The van der Waals surface area contributed by atoms with Crippen LogP contribution in [0.4, 0.5) is 11.4 Å². The minimum absolute atomic E-state index is 0.330. The van der Waals surface area contributed by atoms with E-state index in [0.29, 0.717) is 22.9 Å². The Hall–Kier alpha value is -2.85. The third kappa shape index (κ3) is 5.07. The fourth-order valence-corrected chi connectivity index (χ4v) is 3.24. The van der Waals surface area contributed by atoms with E-state index in [-0.39, 0.29) is 6.54 Å². The number of rotatable bonds is 6. The smallest absolute Gasteiger partial charge is 0.245 e. The van der Waals surface area contributed by atoms with Gasteiger partial charge in [0.05, 0.1) is 23.6 Å². The molecule has 7 heteroatoms. The second-order valence-corrected chi connectivity index (χ2v) is 8.16. The second kappa shape index (κ2) is 8.02. The molecule has 6 nitrogen and oxygen atoms in total. The van der Waals surface area contributed by atoms with Gasteiger partial charge >= 0.3 is 0 Å². The quantitative estimate of drug-likeness (QED) is 0.845. The molecule has 1 N–H and O–H groups in total. The molecule has 0 fully saturated rings. The first-order valence-electron chi connectivity index (χ1n) is 8.08. The number of nitriles is 1. The van der Waals surface area contributed by atoms with Crippen molar-refractivity contribution in [2.45, 2.75) is 19.8 Å². The fraction of sp³-hybridized carbons (Fsp3) is 0.263. The van der Waals surface area contributed by atoms with E-state index in [4.69, 9.17) is 5.26 Å². The number of amides is 1. The summed E-state index contributed by atoms with van der Waals surface area (Å²) >= 11 is 0. The van der Waals surface area contributed by atoms with Gasteiger partial charge in [0.25, 0.3) is 0 Å². The molecule has 0 radical (unpaired) electrons. The molecule has 0 aromatic heterocycles. The highest BCUT2D eigenvalue weighted by molar-refractivity contribution is 7.92. The Bertz CT molecular complexity index is 912. The van der Waals surface area contributed by atoms with E-state index in [1.807, 2.05) is 18.2 Å². The van der Waals surface area contributed by atoms with Gasteiger partial charge in [0.15, 0.2) is 0 Å². The van der Waals surface area contributed by atoms with Crippen LogP contribution in [0.15, 0.2) is 48.5 Å². The third-order valence-corrected chi connectivity index (χ3v) is 4.97. The molecular weight excluding hydrogens is 350 g/mol. The summed E-state index contributed by atoms with van der Waals surface area (Å²) in [5.74, 6) is -0.0612. The van der Waals surface area contributed by atoms with Crippen LogP contribution in [0.25, 0.3) is 0 Å². The van der Waals surface area contributed by atoms with Gasteiger partial charge in [-0.25, -0.2) is 8.42 Å². The maximum Gasteiger partial charge on any atom is 0.245 e. The molecule has 2 rings (SSSR count). The lowest BCUT2D eigenvalue weighted by Gasteiger charge is -2.22. The van der Waals surface area contributed by atoms with E-state index in [0.717, 1.165) is 16.1 Å². The van der Waals surface area contributed by atoms with Gasteiger partial charge in [-0.3, -0.25) is 9.10 Å². The molecule has 0 aliphatic carbocycles. The van der Waals surface area contributed by atoms with Crippen molar-refractivity contribution in [3.8, 4) is 6.07 Å². The molecule has 2 aromatic rings. The predicted octanol–water partition coefficient (Wildman–Crippen LogP) is 3.09. The van der Waals surface area contributed by atoms with Crippen molar-refractivity contribution in [1.82, 2.24) is 0 Å². The highest BCUT2D eigenvalue weighted by Crippen LogP contribution is 2.19. The summed E-state index contributed by atoms with van der Waals surface area (Å²) < 4.78 is 25.2. The highest BCUT2D eigenvalue weighted by atomic mass is 32.2. The summed E-state index contributed by atoms with van der Waals surface area (Å²) in [6.45, 7) is 3.81. The molecule has 0 spiro atoms. The number of hydrogen-bond acceptors (Lipinski definition) is 4. The number of carbonyl (C=O) groups excluding carboxylic acids is 1. The Morgan fingerprint density at radius 1 is 1.12 bits per heavy atom. The average Bonchev–Trinajstić information content (AvgIpc) is 2.59. The van der Waals surface area contributed by atoms with Crippen molar-refractivity contribution in [3.63, 3.8) is 0 Å². The van der Waals surface area contributed by atoms with Gasteiger partial charge in [-0.05, 0) is 47.9 Å². The summed E-state index contributed by atoms with van der Waals surface area (Å²) in [6, 6.07) is 15.4. The monoisotopic (exact) mass is 371 g/mol. The van der Waals surface area contributed by atoms with E-state index in [1.165, 1.54) is 24.3 Å². The molecular formula is C19H21N3O3S. The second-order valence-electron chi connectivity index (χ2n) is 6.25. The SMILES string of the molecule is CC(C)c1ccc(NC(=O)CN(c2ccc(C#N)cc2)S(C)(=O)=O)cc1. The Balaban J connectivity index is 2.15. The maximum atomic E-state index is 12.3. The number of sulfonamides is 1. The Morgan fingerprint density at radius 2 is 1.69 bits per heavy atom. The van der Waals surface area contributed by atoms with Crippen molar-refractivity contribution in [2.75, 3.05) is 22.4 Å². The van der Waals surface area contributed by atoms with Gasteiger partial charge in [-0.2, -0.15) is 5.26 Å². The van der Waals surface area contributed by atoms with E-state index >= 15 is 0 Å². The van der Waals surface area contributed by atoms with Gasteiger partial charge in [0.1, 0.15) is 6.54 Å². The summed E-state index contributed by atoms with van der Waals surface area (Å²) in [4.78, 5) is 12.3. The molecule has 0 saturated carbocycles. The normalized spacial score (nSPS) is 11.0. The zero-order valence-electron chi connectivity index (χ0n) is 14.9. The van der Waals surface area contributed by atoms with E-state index < -0.39 is 15.9 Å².